The van der Waals surface area contributed by atoms with E-state index in [9.17, 15) is 24.3 Å². The number of aliphatic imine (C=N–C) groups is 1. The zero-order chi connectivity index (χ0) is 24.1. The minimum atomic E-state index is -1.39. The third-order valence-corrected chi connectivity index (χ3v) is 4.55. The number of aliphatic hydroxyl groups is 1. The Morgan fingerprint density at radius 1 is 0.906 bits per heavy atom. The summed E-state index contributed by atoms with van der Waals surface area (Å²) in [6.45, 7) is 7.71. The molecule has 2 unspecified atom stereocenters. The van der Waals surface area contributed by atoms with Gasteiger partial charge in [0.25, 0.3) is 0 Å². The lowest BCUT2D eigenvalue weighted by Crippen LogP contribution is -2.67. The summed E-state index contributed by atoms with van der Waals surface area (Å²) in [5.74, 6) is -2.39. The molecule has 182 valence electrons. The quantitative estimate of drug-likeness (QED) is 0.230. The molecule has 1 aliphatic heterocycles. The Hall–Kier alpha value is -2.53. The number of carbonyl (C=O) groups excluding carboxylic acids is 4. The number of hydrogen-bond donors (Lipinski definition) is 2. The van der Waals surface area contributed by atoms with Crippen LogP contribution in [0.25, 0.3) is 0 Å². The summed E-state index contributed by atoms with van der Waals surface area (Å²) in [4.78, 5) is 52.5. The first-order valence-corrected chi connectivity index (χ1v) is 10.9. The highest BCUT2D eigenvalue weighted by Crippen LogP contribution is 2.28. The summed E-state index contributed by atoms with van der Waals surface area (Å²) >= 11 is 0. The topological polar surface area (TPSA) is 150 Å². The number of hydrogen-bond acceptors (Lipinski definition) is 10. The predicted molar refractivity (Wildman–Crippen MR) is 113 cm³/mol. The molecule has 0 saturated carbocycles. The predicted octanol–water partition coefficient (Wildman–Crippen LogP) is 0.656. The molecule has 0 bridgehead atoms. The van der Waals surface area contributed by atoms with Gasteiger partial charge in [-0.25, -0.2) is 0 Å². The van der Waals surface area contributed by atoms with E-state index in [-0.39, 0.29) is 25.8 Å². The summed E-state index contributed by atoms with van der Waals surface area (Å²) in [6.07, 6.45) is -3.26. The average molecular weight is 459 g/mol. The van der Waals surface area contributed by atoms with Gasteiger partial charge in [0.1, 0.15) is 18.7 Å². The third kappa shape index (κ3) is 8.54. The summed E-state index contributed by atoms with van der Waals surface area (Å²) in [5, 5.41) is 12.4. The van der Waals surface area contributed by atoms with E-state index in [1.54, 1.807) is 20.8 Å². The summed E-state index contributed by atoms with van der Waals surface area (Å²) in [5.41, 5.74) is 0. The van der Waals surface area contributed by atoms with Crippen LogP contribution in [0.1, 0.15) is 59.3 Å². The number of ether oxygens (including phenoxy) is 4. The molecular formula is C21H34N2O9. The molecule has 1 fully saturated rings. The number of esters is 3. The minimum absolute atomic E-state index is 0.0753. The van der Waals surface area contributed by atoms with Crippen molar-refractivity contribution in [2.45, 2.75) is 89.9 Å². The zero-order valence-electron chi connectivity index (χ0n) is 18.9. The Bertz CT molecular complexity index is 655. The van der Waals surface area contributed by atoms with Crippen LogP contribution in [-0.4, -0.2) is 79.4 Å². The van der Waals surface area contributed by atoms with Gasteiger partial charge in [0.2, 0.25) is 12.2 Å². The van der Waals surface area contributed by atoms with Crippen LogP contribution >= 0.6 is 0 Å². The van der Waals surface area contributed by atoms with Gasteiger partial charge in [-0.05, 0) is 26.0 Å². The van der Waals surface area contributed by atoms with Crippen LogP contribution in [0.4, 0.5) is 0 Å². The summed E-state index contributed by atoms with van der Waals surface area (Å²) < 4.78 is 22.1. The fourth-order valence-corrected chi connectivity index (χ4v) is 3.14. The lowest BCUT2D eigenvalue weighted by Gasteiger charge is -2.44. The maximum atomic E-state index is 12.3. The molecule has 11 heteroatoms. The third-order valence-electron chi connectivity index (χ3n) is 4.55. The van der Waals surface area contributed by atoms with Gasteiger partial charge in [-0.1, -0.05) is 20.8 Å². The fraction of sp³-hybridized carbons (Fsp3) is 0.762. The van der Waals surface area contributed by atoms with Crippen molar-refractivity contribution in [3.8, 4) is 0 Å². The molecule has 0 aromatic rings. The molecule has 5 atom stereocenters. The van der Waals surface area contributed by atoms with Crippen LogP contribution in [0.2, 0.25) is 0 Å². The molecule has 0 aliphatic carbocycles. The van der Waals surface area contributed by atoms with Gasteiger partial charge in [0.15, 0.2) is 12.2 Å². The van der Waals surface area contributed by atoms with Crippen molar-refractivity contribution >= 4 is 30.5 Å². The molecule has 1 rings (SSSR count). The van der Waals surface area contributed by atoms with E-state index in [1.807, 2.05) is 0 Å². The standard InChI is InChI=1S/C21H34N2O9/c1-5-8-15(26)30-19-13(12-24)29-21(32-17(28)10-7-3)18(23-14(25)11-22-4)20(19)31-16(27)9-6-2/h13,18-21,24H,4-12H2,1-3H3,(H,23,25)/t13?,18-,19-,20?,21-/m0/s1. The number of carbonyl (C=O) groups is 4. The molecule has 2 N–H and O–H groups in total. The molecule has 1 saturated heterocycles. The highest BCUT2D eigenvalue weighted by molar-refractivity contribution is 5.79. The molecule has 1 amide bonds. The molecule has 0 radical (unpaired) electrons. The average Bonchev–Trinajstić information content (AvgIpc) is 2.72. The molecule has 0 aromatic heterocycles. The van der Waals surface area contributed by atoms with E-state index >= 15 is 0 Å². The molecule has 0 spiro atoms. The van der Waals surface area contributed by atoms with E-state index in [4.69, 9.17) is 18.9 Å². The Balaban J connectivity index is 3.33. The lowest BCUT2D eigenvalue weighted by atomic mass is 9.96. The van der Waals surface area contributed by atoms with Crippen molar-refractivity contribution in [2.24, 2.45) is 4.99 Å². The Labute approximate surface area is 187 Å². The highest BCUT2D eigenvalue weighted by Gasteiger charge is 2.52. The van der Waals surface area contributed by atoms with E-state index in [0.29, 0.717) is 19.3 Å². The second-order valence-electron chi connectivity index (χ2n) is 7.35. The minimum Gasteiger partial charge on any atom is -0.456 e. The Morgan fingerprint density at radius 2 is 1.41 bits per heavy atom. The Morgan fingerprint density at radius 3 is 1.88 bits per heavy atom. The highest BCUT2D eigenvalue weighted by atomic mass is 16.7. The molecule has 11 nitrogen and oxygen atoms in total. The van der Waals surface area contributed by atoms with Crippen LogP contribution in [0.5, 0.6) is 0 Å². The lowest BCUT2D eigenvalue weighted by molar-refractivity contribution is -0.271. The van der Waals surface area contributed by atoms with Gasteiger partial charge in [-0.2, -0.15) is 0 Å². The largest absolute Gasteiger partial charge is 0.456 e. The molecule has 1 aliphatic rings. The smallest absolute Gasteiger partial charge is 0.308 e. The number of nitrogens with zero attached hydrogens (tertiary/aromatic N) is 1. The number of amides is 1. The second kappa shape index (κ2) is 14.5. The van der Waals surface area contributed by atoms with Crippen molar-refractivity contribution in [3.63, 3.8) is 0 Å². The van der Waals surface area contributed by atoms with Gasteiger partial charge in [-0.15, -0.1) is 0 Å². The maximum absolute atomic E-state index is 12.3. The van der Waals surface area contributed by atoms with Crippen LogP contribution in [0.3, 0.4) is 0 Å². The van der Waals surface area contributed by atoms with Gasteiger partial charge in [-0.3, -0.25) is 24.2 Å². The van der Waals surface area contributed by atoms with Crippen molar-refractivity contribution in [1.82, 2.24) is 5.32 Å². The van der Waals surface area contributed by atoms with Crippen molar-refractivity contribution in [2.75, 3.05) is 13.2 Å². The molecule has 1 heterocycles. The summed E-state index contributed by atoms with van der Waals surface area (Å²) in [7, 11) is 0. The number of rotatable bonds is 13. The first-order valence-electron chi connectivity index (χ1n) is 10.9. The zero-order valence-corrected chi connectivity index (χ0v) is 18.9. The Kier molecular flexibility index (Phi) is 12.5. The van der Waals surface area contributed by atoms with Crippen molar-refractivity contribution < 1.29 is 43.2 Å². The van der Waals surface area contributed by atoms with Gasteiger partial charge in [0.05, 0.1) is 6.61 Å². The molecular weight excluding hydrogens is 424 g/mol. The SMILES string of the molecule is C=NCC(=O)N[C@H]1C(OC(=O)CCC)[C@@H](OC(=O)CCC)C(CO)O[C@H]1OC(=O)CCC. The van der Waals surface area contributed by atoms with E-state index in [0.717, 1.165) is 0 Å². The van der Waals surface area contributed by atoms with E-state index < -0.39 is 61.1 Å². The van der Waals surface area contributed by atoms with Gasteiger partial charge >= 0.3 is 17.9 Å². The van der Waals surface area contributed by atoms with Crippen LogP contribution in [0, 0.1) is 0 Å². The monoisotopic (exact) mass is 458 g/mol. The first kappa shape index (κ1) is 27.5. The van der Waals surface area contributed by atoms with E-state index in [1.165, 1.54) is 0 Å². The van der Waals surface area contributed by atoms with E-state index in [2.05, 4.69) is 17.0 Å². The molecule has 32 heavy (non-hydrogen) atoms. The van der Waals surface area contributed by atoms with Gasteiger partial charge < -0.3 is 29.4 Å². The van der Waals surface area contributed by atoms with Crippen molar-refractivity contribution in [3.05, 3.63) is 0 Å². The molecule has 0 aromatic carbocycles. The first-order chi connectivity index (χ1) is 15.3. The normalized spacial score (nSPS) is 24.8. The van der Waals surface area contributed by atoms with Crippen LogP contribution in [0.15, 0.2) is 4.99 Å². The number of aliphatic hydroxyl groups excluding tert-OH is 1. The number of nitrogens with one attached hydrogen (secondary N) is 1. The van der Waals surface area contributed by atoms with Crippen LogP contribution < -0.4 is 5.32 Å². The van der Waals surface area contributed by atoms with Crippen molar-refractivity contribution in [1.29, 1.82) is 0 Å². The van der Waals surface area contributed by atoms with Gasteiger partial charge in [0, 0.05) is 19.3 Å². The summed E-state index contributed by atoms with van der Waals surface area (Å²) in [6, 6.07) is -1.20. The second-order valence-corrected chi connectivity index (χ2v) is 7.35. The fourth-order valence-electron chi connectivity index (χ4n) is 3.14. The maximum Gasteiger partial charge on any atom is 0.308 e. The van der Waals surface area contributed by atoms with Crippen LogP contribution in [-0.2, 0) is 38.1 Å².